The van der Waals surface area contributed by atoms with Gasteiger partial charge in [0.05, 0.1) is 19.8 Å². The van der Waals surface area contributed by atoms with Crippen molar-refractivity contribution in [1.82, 2.24) is 5.32 Å². The highest BCUT2D eigenvalue weighted by atomic mass is 16.5. The number of benzene rings is 4. The molecular weight excluding hydrogens is 500 g/mol. The van der Waals surface area contributed by atoms with Gasteiger partial charge in [-0.1, -0.05) is 91.3 Å². The predicted molar refractivity (Wildman–Crippen MR) is 158 cm³/mol. The van der Waals surface area contributed by atoms with Crippen molar-refractivity contribution in [2.75, 3.05) is 20.8 Å². The number of ether oxygens (including phenoxy) is 3. The standard InChI is InChI=1S/C34H38N2O4/c1-38-30-20-16-26(17-21-30)25-40-33(37)32(35)15-9-10-24-36-34(27-11-5-3-6-12-27,28-13-7-4-8-14-28)29-18-22-31(39-2)23-19-29/h3-8,11-14,16-23,32,36H,9-10,15,24-25,35H2,1-2H3/t32-/m0/s1. The molecule has 0 saturated carbocycles. The van der Waals surface area contributed by atoms with Gasteiger partial charge in [0.25, 0.3) is 0 Å². The summed E-state index contributed by atoms with van der Waals surface area (Å²) in [4.78, 5) is 12.5. The topological polar surface area (TPSA) is 82.8 Å². The van der Waals surface area contributed by atoms with Gasteiger partial charge in [0, 0.05) is 0 Å². The van der Waals surface area contributed by atoms with Crippen molar-refractivity contribution in [3.8, 4) is 11.5 Å². The van der Waals surface area contributed by atoms with Crippen LogP contribution >= 0.6 is 0 Å². The fourth-order valence-corrected chi connectivity index (χ4v) is 4.89. The second kappa shape index (κ2) is 14.3. The van der Waals surface area contributed by atoms with Gasteiger partial charge in [-0.3, -0.25) is 10.1 Å². The average molecular weight is 539 g/mol. The molecule has 4 aromatic carbocycles. The van der Waals surface area contributed by atoms with Gasteiger partial charge in [-0.15, -0.1) is 0 Å². The van der Waals surface area contributed by atoms with Crippen molar-refractivity contribution < 1.29 is 19.0 Å². The van der Waals surface area contributed by atoms with Gasteiger partial charge < -0.3 is 19.9 Å². The first kappa shape index (κ1) is 28.9. The number of nitrogens with two attached hydrogens (primary N) is 1. The molecular formula is C34H38N2O4. The molecule has 0 saturated heterocycles. The molecule has 0 aliphatic rings. The van der Waals surface area contributed by atoms with E-state index in [9.17, 15) is 4.79 Å². The summed E-state index contributed by atoms with van der Waals surface area (Å²) in [6.07, 6.45) is 2.18. The molecule has 0 heterocycles. The van der Waals surface area contributed by atoms with Crippen LogP contribution in [0.25, 0.3) is 0 Å². The number of esters is 1. The number of hydrogen-bond donors (Lipinski definition) is 2. The lowest BCUT2D eigenvalue weighted by atomic mass is 9.77. The van der Waals surface area contributed by atoms with Crippen molar-refractivity contribution in [3.05, 3.63) is 131 Å². The van der Waals surface area contributed by atoms with Gasteiger partial charge in [-0.25, -0.2) is 0 Å². The molecule has 0 aliphatic heterocycles. The van der Waals surface area contributed by atoms with Crippen LogP contribution in [0.15, 0.2) is 109 Å². The van der Waals surface area contributed by atoms with E-state index >= 15 is 0 Å². The van der Waals surface area contributed by atoms with E-state index in [-0.39, 0.29) is 12.6 Å². The minimum absolute atomic E-state index is 0.191. The van der Waals surface area contributed by atoms with Crippen LogP contribution in [0.1, 0.15) is 41.5 Å². The van der Waals surface area contributed by atoms with E-state index in [1.165, 1.54) is 0 Å². The summed E-state index contributed by atoms with van der Waals surface area (Å²) >= 11 is 0. The molecule has 0 spiro atoms. The average Bonchev–Trinajstić information content (AvgIpc) is 3.02. The monoisotopic (exact) mass is 538 g/mol. The Morgan fingerprint density at radius 3 is 1.75 bits per heavy atom. The van der Waals surface area contributed by atoms with Crippen molar-refractivity contribution >= 4 is 5.97 Å². The maximum atomic E-state index is 12.5. The van der Waals surface area contributed by atoms with Crippen LogP contribution in [0.3, 0.4) is 0 Å². The second-order valence-corrected chi connectivity index (χ2v) is 9.70. The Bertz CT molecular complexity index is 1270. The number of carbonyl (C=O) groups excluding carboxylic acids is 1. The smallest absolute Gasteiger partial charge is 0.323 e. The Morgan fingerprint density at radius 2 is 1.23 bits per heavy atom. The number of methoxy groups -OCH3 is 2. The van der Waals surface area contributed by atoms with E-state index in [2.05, 4.69) is 66.0 Å². The summed E-state index contributed by atoms with van der Waals surface area (Å²) in [6.45, 7) is 0.917. The minimum Gasteiger partial charge on any atom is -0.497 e. The Kier molecular flexibility index (Phi) is 10.3. The molecule has 0 bridgehead atoms. The van der Waals surface area contributed by atoms with Crippen molar-refractivity contribution in [1.29, 1.82) is 0 Å². The van der Waals surface area contributed by atoms with E-state index < -0.39 is 11.6 Å². The fraction of sp³-hybridized carbons (Fsp3) is 0.265. The third-order valence-electron chi connectivity index (χ3n) is 7.11. The molecule has 3 N–H and O–H groups in total. The van der Waals surface area contributed by atoms with Gasteiger partial charge in [-0.2, -0.15) is 0 Å². The molecule has 40 heavy (non-hydrogen) atoms. The SMILES string of the molecule is COc1ccc(COC(=O)[C@@H](N)CCCCNC(c2ccccc2)(c2ccccc2)c2ccc(OC)cc2)cc1. The minimum atomic E-state index is -0.659. The Morgan fingerprint density at radius 1 is 0.725 bits per heavy atom. The Hall–Kier alpha value is -4.13. The number of rotatable bonds is 14. The Balaban J connectivity index is 1.41. The normalized spacial score (nSPS) is 12.0. The molecule has 0 radical (unpaired) electrons. The van der Waals surface area contributed by atoms with E-state index in [1.807, 2.05) is 48.5 Å². The number of nitrogens with one attached hydrogen (secondary N) is 1. The van der Waals surface area contributed by atoms with Crippen LogP contribution in [0.2, 0.25) is 0 Å². The maximum absolute atomic E-state index is 12.5. The van der Waals surface area contributed by atoms with Crippen LogP contribution < -0.4 is 20.5 Å². The van der Waals surface area contributed by atoms with Gasteiger partial charge in [-0.05, 0) is 65.9 Å². The zero-order valence-corrected chi connectivity index (χ0v) is 23.2. The highest BCUT2D eigenvalue weighted by molar-refractivity contribution is 5.75. The van der Waals surface area contributed by atoms with Crippen LogP contribution in [0.5, 0.6) is 11.5 Å². The summed E-state index contributed by atoms with van der Waals surface area (Å²) in [6, 6.07) is 35.9. The molecule has 4 rings (SSSR count). The van der Waals surface area contributed by atoms with Gasteiger partial charge in [0.1, 0.15) is 24.1 Å². The molecule has 208 valence electrons. The van der Waals surface area contributed by atoms with Crippen LogP contribution in [-0.2, 0) is 21.7 Å². The molecule has 1 atom stereocenters. The van der Waals surface area contributed by atoms with Crippen LogP contribution in [0, 0.1) is 0 Å². The van der Waals surface area contributed by atoms with E-state index in [4.69, 9.17) is 19.9 Å². The summed E-state index contributed by atoms with van der Waals surface area (Å²) in [5.41, 5.74) is 9.90. The molecule has 0 aliphatic carbocycles. The van der Waals surface area contributed by atoms with Crippen molar-refractivity contribution in [2.24, 2.45) is 5.73 Å². The van der Waals surface area contributed by atoms with Gasteiger partial charge in [0.15, 0.2) is 0 Å². The van der Waals surface area contributed by atoms with Crippen LogP contribution in [0.4, 0.5) is 0 Å². The molecule has 6 nitrogen and oxygen atoms in total. The molecule has 0 amide bonds. The highest BCUT2D eigenvalue weighted by Gasteiger charge is 2.35. The lowest BCUT2D eigenvalue weighted by Crippen LogP contribution is -2.45. The molecule has 0 aromatic heterocycles. The number of carbonyl (C=O) groups is 1. The summed E-state index contributed by atoms with van der Waals surface area (Å²) in [5.74, 6) is 1.19. The lowest BCUT2D eigenvalue weighted by Gasteiger charge is -2.37. The second-order valence-electron chi connectivity index (χ2n) is 9.70. The lowest BCUT2D eigenvalue weighted by molar-refractivity contribution is -0.146. The first-order valence-electron chi connectivity index (χ1n) is 13.6. The molecule has 0 unspecified atom stereocenters. The van der Waals surface area contributed by atoms with Gasteiger partial charge in [0.2, 0.25) is 0 Å². The number of hydrogen-bond acceptors (Lipinski definition) is 6. The Labute approximate surface area is 237 Å². The highest BCUT2D eigenvalue weighted by Crippen LogP contribution is 2.37. The first-order chi connectivity index (χ1) is 19.6. The molecule has 0 fully saturated rings. The summed E-state index contributed by atoms with van der Waals surface area (Å²) < 4.78 is 16.0. The van der Waals surface area contributed by atoms with Crippen molar-refractivity contribution in [3.63, 3.8) is 0 Å². The van der Waals surface area contributed by atoms with E-state index in [0.29, 0.717) is 6.42 Å². The number of unbranched alkanes of at least 4 members (excludes halogenated alkanes) is 1. The fourth-order valence-electron chi connectivity index (χ4n) is 4.89. The largest absolute Gasteiger partial charge is 0.497 e. The zero-order chi connectivity index (χ0) is 28.2. The first-order valence-corrected chi connectivity index (χ1v) is 13.6. The third kappa shape index (κ3) is 7.08. The van der Waals surface area contributed by atoms with Gasteiger partial charge >= 0.3 is 5.97 Å². The van der Waals surface area contributed by atoms with E-state index in [0.717, 1.165) is 53.1 Å². The third-order valence-corrected chi connectivity index (χ3v) is 7.11. The zero-order valence-electron chi connectivity index (χ0n) is 23.2. The molecule has 6 heteroatoms. The summed E-state index contributed by atoms with van der Waals surface area (Å²) in [5, 5.41) is 3.87. The van der Waals surface area contributed by atoms with Crippen molar-refractivity contribution in [2.45, 2.75) is 37.5 Å². The maximum Gasteiger partial charge on any atom is 0.323 e. The molecule has 4 aromatic rings. The van der Waals surface area contributed by atoms with E-state index in [1.54, 1.807) is 14.2 Å². The summed E-state index contributed by atoms with van der Waals surface area (Å²) in [7, 11) is 3.29. The predicted octanol–water partition coefficient (Wildman–Crippen LogP) is 5.83. The van der Waals surface area contributed by atoms with Crippen LogP contribution in [-0.4, -0.2) is 32.8 Å². The quantitative estimate of drug-likeness (QED) is 0.119.